The van der Waals surface area contributed by atoms with E-state index in [4.69, 9.17) is 0 Å². The number of amides is 1. The van der Waals surface area contributed by atoms with Crippen LogP contribution in [0.15, 0.2) is 12.2 Å². The van der Waals surface area contributed by atoms with E-state index in [1.807, 2.05) is 6.92 Å². The monoisotopic (exact) mass is 275 g/mol. The third kappa shape index (κ3) is 1.87. The van der Waals surface area contributed by atoms with Gasteiger partial charge < -0.3 is 5.32 Å². The molecule has 2 heteroatoms. The smallest absolute Gasteiger partial charge is 0.246 e. The summed E-state index contributed by atoms with van der Waals surface area (Å²) in [6.45, 7) is 12.7. The van der Waals surface area contributed by atoms with Gasteiger partial charge in [-0.1, -0.05) is 27.4 Å². The largest absolute Gasteiger partial charge is 0.346 e. The molecule has 2 unspecified atom stereocenters. The summed E-state index contributed by atoms with van der Waals surface area (Å²) >= 11 is 0. The molecule has 1 N–H and O–H groups in total. The molecule has 4 saturated carbocycles. The lowest BCUT2D eigenvalue weighted by atomic mass is 9.42. The van der Waals surface area contributed by atoms with Crippen LogP contribution < -0.4 is 5.32 Å². The van der Waals surface area contributed by atoms with Crippen LogP contribution >= 0.6 is 0 Å². The van der Waals surface area contributed by atoms with Crippen molar-refractivity contribution in [3.8, 4) is 0 Å². The number of nitrogens with one attached hydrogen (secondary N) is 1. The van der Waals surface area contributed by atoms with Gasteiger partial charge in [-0.15, -0.1) is 0 Å². The van der Waals surface area contributed by atoms with Crippen LogP contribution in [0.25, 0.3) is 0 Å². The normalized spacial score (nSPS) is 45.8. The highest BCUT2D eigenvalue weighted by Gasteiger charge is 2.62. The fourth-order valence-corrected chi connectivity index (χ4v) is 6.03. The first-order chi connectivity index (χ1) is 9.27. The topological polar surface area (TPSA) is 29.1 Å². The van der Waals surface area contributed by atoms with Gasteiger partial charge in [-0.2, -0.15) is 0 Å². The second kappa shape index (κ2) is 4.35. The molecular formula is C18H29NO. The summed E-state index contributed by atoms with van der Waals surface area (Å²) < 4.78 is 0. The van der Waals surface area contributed by atoms with Gasteiger partial charge >= 0.3 is 0 Å². The Morgan fingerprint density at radius 1 is 1.20 bits per heavy atom. The maximum absolute atomic E-state index is 12.3. The highest BCUT2D eigenvalue weighted by molar-refractivity contribution is 5.92. The number of rotatable bonds is 3. The molecule has 0 aromatic rings. The van der Waals surface area contributed by atoms with Crippen molar-refractivity contribution in [1.29, 1.82) is 0 Å². The van der Waals surface area contributed by atoms with Crippen molar-refractivity contribution >= 4 is 5.91 Å². The zero-order valence-electron chi connectivity index (χ0n) is 13.5. The van der Waals surface area contributed by atoms with E-state index in [1.165, 1.54) is 32.1 Å². The minimum atomic E-state index is 0.0203. The zero-order valence-corrected chi connectivity index (χ0v) is 13.5. The fourth-order valence-electron chi connectivity index (χ4n) is 6.03. The molecule has 0 aromatic heterocycles. The molecule has 20 heavy (non-hydrogen) atoms. The molecule has 1 amide bonds. The van der Waals surface area contributed by atoms with Crippen LogP contribution in [0.4, 0.5) is 0 Å². The summed E-state index contributed by atoms with van der Waals surface area (Å²) in [6.07, 6.45) is 6.66. The van der Waals surface area contributed by atoms with Crippen molar-refractivity contribution in [2.45, 2.75) is 65.3 Å². The zero-order chi connectivity index (χ0) is 14.7. The third-order valence-corrected chi connectivity index (χ3v) is 6.52. The van der Waals surface area contributed by atoms with E-state index < -0.39 is 0 Å². The first-order valence-electron chi connectivity index (χ1n) is 8.25. The SMILES string of the molecule is C=C(C)C(=O)NC1(C(C)C)C2CC3CC1CC(C)(C3)C2. The Morgan fingerprint density at radius 3 is 2.15 bits per heavy atom. The average molecular weight is 275 g/mol. The maximum Gasteiger partial charge on any atom is 0.246 e. The molecule has 4 rings (SSSR count). The average Bonchev–Trinajstić information content (AvgIpc) is 2.30. The first-order valence-corrected chi connectivity index (χ1v) is 8.25. The van der Waals surface area contributed by atoms with Crippen molar-refractivity contribution in [1.82, 2.24) is 5.32 Å². The molecule has 0 spiro atoms. The molecule has 4 aliphatic carbocycles. The van der Waals surface area contributed by atoms with Gasteiger partial charge in [-0.25, -0.2) is 0 Å². The van der Waals surface area contributed by atoms with E-state index in [-0.39, 0.29) is 11.4 Å². The van der Waals surface area contributed by atoms with Gasteiger partial charge in [0.25, 0.3) is 0 Å². The van der Waals surface area contributed by atoms with Crippen LogP contribution in [0.2, 0.25) is 0 Å². The lowest BCUT2D eigenvalue weighted by Crippen LogP contribution is -2.70. The minimum Gasteiger partial charge on any atom is -0.346 e. The fraction of sp³-hybridized carbons (Fsp3) is 0.833. The summed E-state index contributed by atoms with van der Waals surface area (Å²) in [6, 6.07) is 0. The van der Waals surface area contributed by atoms with Crippen LogP contribution in [0.5, 0.6) is 0 Å². The number of hydrogen-bond donors (Lipinski definition) is 1. The van der Waals surface area contributed by atoms with Gasteiger partial charge in [-0.05, 0) is 68.1 Å². The molecule has 4 fully saturated rings. The Hall–Kier alpha value is -0.790. The Balaban J connectivity index is 1.95. The van der Waals surface area contributed by atoms with Gasteiger partial charge in [0.1, 0.15) is 0 Å². The second-order valence-electron chi connectivity index (χ2n) is 8.48. The minimum absolute atomic E-state index is 0.0203. The van der Waals surface area contributed by atoms with Crippen LogP contribution in [0.3, 0.4) is 0 Å². The predicted molar refractivity (Wildman–Crippen MR) is 82.2 cm³/mol. The van der Waals surface area contributed by atoms with E-state index in [1.54, 1.807) is 0 Å². The number of carbonyl (C=O) groups is 1. The summed E-state index contributed by atoms with van der Waals surface area (Å²) in [5.41, 5.74) is 1.21. The molecule has 4 aliphatic rings. The highest BCUT2D eigenvalue weighted by atomic mass is 16.1. The van der Waals surface area contributed by atoms with Crippen molar-refractivity contribution < 1.29 is 4.79 Å². The van der Waals surface area contributed by atoms with Gasteiger partial charge in [0, 0.05) is 11.1 Å². The third-order valence-electron chi connectivity index (χ3n) is 6.52. The Kier molecular flexibility index (Phi) is 3.08. The summed E-state index contributed by atoms with van der Waals surface area (Å²) in [4.78, 5) is 12.3. The molecule has 4 bridgehead atoms. The van der Waals surface area contributed by atoms with Gasteiger partial charge in [0.15, 0.2) is 0 Å². The molecule has 0 aliphatic heterocycles. The molecule has 2 atom stereocenters. The molecule has 2 nitrogen and oxygen atoms in total. The molecule has 0 radical (unpaired) electrons. The maximum atomic E-state index is 12.3. The Bertz CT molecular complexity index is 434. The van der Waals surface area contributed by atoms with Crippen molar-refractivity contribution in [2.75, 3.05) is 0 Å². The van der Waals surface area contributed by atoms with Crippen LogP contribution in [-0.4, -0.2) is 11.4 Å². The molecule has 0 aromatic carbocycles. The lowest BCUT2D eigenvalue weighted by Gasteiger charge is -2.66. The lowest BCUT2D eigenvalue weighted by molar-refractivity contribution is -0.147. The van der Waals surface area contributed by atoms with Gasteiger partial charge in [0.2, 0.25) is 5.91 Å². The van der Waals surface area contributed by atoms with E-state index in [2.05, 4.69) is 32.7 Å². The standard InChI is InChI=1S/C18H29NO/c1-11(2)16(20)19-18(12(3)4)14-6-13-7-15(18)10-17(5,8-13)9-14/h12-15H,1,6-10H2,2-5H3,(H,19,20). The predicted octanol–water partition coefficient (Wildman–Crippen LogP) is 3.92. The summed E-state index contributed by atoms with van der Waals surface area (Å²) in [5.74, 6) is 2.82. The van der Waals surface area contributed by atoms with Crippen molar-refractivity contribution in [2.24, 2.45) is 29.1 Å². The highest BCUT2D eigenvalue weighted by Crippen LogP contribution is 2.64. The molecule has 112 valence electrons. The van der Waals surface area contributed by atoms with E-state index in [0.717, 1.165) is 5.92 Å². The van der Waals surface area contributed by atoms with Crippen LogP contribution in [0, 0.1) is 29.1 Å². The van der Waals surface area contributed by atoms with Crippen LogP contribution in [-0.2, 0) is 4.79 Å². The Labute approximate surface area is 123 Å². The van der Waals surface area contributed by atoms with E-state index in [0.29, 0.717) is 28.7 Å². The Morgan fingerprint density at radius 2 is 1.75 bits per heavy atom. The van der Waals surface area contributed by atoms with Gasteiger partial charge in [0.05, 0.1) is 0 Å². The number of carbonyl (C=O) groups excluding carboxylic acids is 1. The van der Waals surface area contributed by atoms with E-state index >= 15 is 0 Å². The molecular weight excluding hydrogens is 246 g/mol. The quantitative estimate of drug-likeness (QED) is 0.777. The van der Waals surface area contributed by atoms with Crippen molar-refractivity contribution in [3.63, 3.8) is 0 Å². The molecule has 0 heterocycles. The van der Waals surface area contributed by atoms with E-state index in [9.17, 15) is 4.79 Å². The summed E-state index contributed by atoms with van der Waals surface area (Å²) in [5, 5.41) is 3.45. The summed E-state index contributed by atoms with van der Waals surface area (Å²) in [7, 11) is 0. The van der Waals surface area contributed by atoms with Gasteiger partial charge in [-0.3, -0.25) is 4.79 Å². The first kappa shape index (κ1) is 14.2. The van der Waals surface area contributed by atoms with Crippen LogP contribution in [0.1, 0.15) is 59.8 Å². The molecule has 0 saturated heterocycles. The number of hydrogen-bond acceptors (Lipinski definition) is 1. The van der Waals surface area contributed by atoms with Crippen molar-refractivity contribution in [3.05, 3.63) is 12.2 Å². The second-order valence-corrected chi connectivity index (χ2v) is 8.48.